The van der Waals surface area contributed by atoms with Crippen LogP contribution in [0.4, 0.5) is 10.6 Å². The minimum atomic E-state index is -3.58. The molecule has 0 spiro atoms. The number of aromatic nitrogens is 3. The number of nitrogens with zero attached hydrogens (tertiary/aromatic N) is 4. The van der Waals surface area contributed by atoms with Crippen LogP contribution in [0.5, 0.6) is 5.75 Å². The van der Waals surface area contributed by atoms with E-state index in [0.29, 0.717) is 36.4 Å². The van der Waals surface area contributed by atoms with E-state index in [-0.39, 0.29) is 23.6 Å². The predicted molar refractivity (Wildman–Crippen MR) is 141 cm³/mol. The van der Waals surface area contributed by atoms with Crippen molar-refractivity contribution >= 4 is 32.9 Å². The van der Waals surface area contributed by atoms with Gasteiger partial charge in [-0.3, -0.25) is 14.3 Å². The molecule has 5 rings (SSSR count). The topological polar surface area (TPSA) is 129 Å². The largest absolute Gasteiger partial charge is 0.496 e. The molecule has 0 saturated heterocycles. The lowest BCUT2D eigenvalue weighted by atomic mass is 9.91. The zero-order chi connectivity index (χ0) is 27.1. The second kappa shape index (κ2) is 10.1. The van der Waals surface area contributed by atoms with Crippen LogP contribution in [0.3, 0.4) is 0 Å². The monoisotopic (exact) mass is 545 g/mol. The predicted octanol–water partition coefficient (Wildman–Crippen LogP) is 4.65. The number of ether oxygens (including phenoxy) is 2. The molecule has 0 atom stereocenters. The molecule has 1 aliphatic heterocycles. The van der Waals surface area contributed by atoms with Gasteiger partial charge in [-0.25, -0.2) is 13.2 Å². The summed E-state index contributed by atoms with van der Waals surface area (Å²) in [7, 11) is -2.05. The molecule has 2 aliphatic rings. The molecule has 38 heavy (non-hydrogen) atoms. The van der Waals surface area contributed by atoms with E-state index in [4.69, 9.17) is 14.0 Å². The van der Waals surface area contributed by atoms with E-state index in [1.807, 2.05) is 43.8 Å². The number of rotatable bonds is 7. The van der Waals surface area contributed by atoms with Gasteiger partial charge < -0.3 is 14.0 Å². The van der Waals surface area contributed by atoms with Crippen molar-refractivity contribution in [1.29, 1.82) is 0 Å². The Morgan fingerprint density at radius 1 is 1.18 bits per heavy atom. The van der Waals surface area contributed by atoms with Crippen LogP contribution in [0, 0.1) is 5.92 Å². The van der Waals surface area contributed by atoms with E-state index in [1.165, 1.54) is 13.5 Å². The van der Waals surface area contributed by atoms with Gasteiger partial charge in [0.15, 0.2) is 11.4 Å². The summed E-state index contributed by atoms with van der Waals surface area (Å²) in [6.07, 6.45) is 6.75. The third-order valence-electron chi connectivity index (χ3n) is 6.87. The van der Waals surface area contributed by atoms with Gasteiger partial charge in [0, 0.05) is 11.8 Å². The number of nitrogens with one attached hydrogen (secondary N) is 1. The van der Waals surface area contributed by atoms with Crippen LogP contribution in [-0.4, -0.2) is 52.8 Å². The molecule has 1 fully saturated rings. The Balaban J connectivity index is 1.29. The Bertz CT molecular complexity index is 1410. The smallest absolute Gasteiger partial charge is 0.410 e. The van der Waals surface area contributed by atoms with Gasteiger partial charge in [0.25, 0.3) is 0 Å². The fourth-order valence-electron chi connectivity index (χ4n) is 5.20. The molecule has 206 valence electrons. The quantitative estimate of drug-likeness (QED) is 0.454. The van der Waals surface area contributed by atoms with Crippen LogP contribution in [0.25, 0.3) is 11.0 Å². The van der Waals surface area contributed by atoms with Gasteiger partial charge in [0.1, 0.15) is 16.7 Å². The number of hydrogen-bond donors (Lipinski definition) is 1. The molecule has 0 bridgehead atoms. The zero-order valence-electron chi connectivity index (χ0n) is 22.3. The summed E-state index contributed by atoms with van der Waals surface area (Å²) >= 11 is 0. The zero-order valence-corrected chi connectivity index (χ0v) is 23.1. The second-order valence-corrected chi connectivity index (χ2v) is 13.0. The number of carbonyl (C=O) groups is 1. The Labute approximate surface area is 222 Å². The van der Waals surface area contributed by atoms with Crippen molar-refractivity contribution < 1.29 is 27.2 Å². The lowest BCUT2D eigenvalue weighted by molar-refractivity contribution is 0.0239. The van der Waals surface area contributed by atoms with Crippen LogP contribution in [-0.2, 0) is 34.4 Å². The highest BCUT2D eigenvalue weighted by molar-refractivity contribution is 7.92. The van der Waals surface area contributed by atoms with Crippen molar-refractivity contribution in [3.63, 3.8) is 0 Å². The maximum absolute atomic E-state index is 12.8. The first-order valence-electron chi connectivity index (χ1n) is 13.0. The van der Waals surface area contributed by atoms with Gasteiger partial charge in [-0.05, 0) is 57.2 Å². The minimum absolute atomic E-state index is 0.0804. The lowest BCUT2D eigenvalue weighted by Gasteiger charge is -2.24. The third-order valence-corrected chi connectivity index (χ3v) is 8.29. The maximum Gasteiger partial charge on any atom is 0.410 e. The molecule has 1 aromatic carbocycles. The molecule has 0 radical (unpaired) electrons. The van der Waals surface area contributed by atoms with Crippen molar-refractivity contribution in [3.05, 3.63) is 35.2 Å². The molecular formula is C26H35N5O6S. The fraction of sp³-hybridized carbons (Fsp3) is 0.577. The van der Waals surface area contributed by atoms with Crippen molar-refractivity contribution in [2.24, 2.45) is 5.92 Å². The van der Waals surface area contributed by atoms with Crippen LogP contribution >= 0.6 is 0 Å². The van der Waals surface area contributed by atoms with E-state index >= 15 is 0 Å². The fourth-order valence-corrected chi connectivity index (χ4v) is 6.67. The molecule has 3 aromatic rings. The Morgan fingerprint density at radius 3 is 2.63 bits per heavy atom. The summed E-state index contributed by atoms with van der Waals surface area (Å²) in [5.74, 6) is 0.848. The first-order chi connectivity index (χ1) is 18.0. The number of anilines is 1. The molecule has 12 heteroatoms. The van der Waals surface area contributed by atoms with E-state index in [1.54, 1.807) is 4.90 Å². The van der Waals surface area contributed by atoms with Crippen molar-refractivity contribution in [3.8, 4) is 5.75 Å². The molecule has 1 N–H and O–H groups in total. The number of sulfonamides is 1. The highest BCUT2D eigenvalue weighted by Crippen LogP contribution is 2.35. The van der Waals surface area contributed by atoms with E-state index < -0.39 is 15.6 Å². The number of hydrogen-bond acceptors (Lipinski definition) is 8. The Kier molecular flexibility index (Phi) is 7.01. The van der Waals surface area contributed by atoms with Gasteiger partial charge in [0.2, 0.25) is 10.0 Å². The number of benzene rings is 1. The summed E-state index contributed by atoms with van der Waals surface area (Å²) in [6, 6.07) is 3.64. The Hall–Kier alpha value is -3.28. The third kappa shape index (κ3) is 5.90. The summed E-state index contributed by atoms with van der Waals surface area (Å²) in [5, 5.41) is 9.14. The van der Waals surface area contributed by atoms with Crippen LogP contribution < -0.4 is 9.46 Å². The SMILES string of the molecule is COc1cc(Cn2cc3c(n2)CN(C(=O)OC(C)(C)C)C3)cc2onc(NS(=O)(=O)CC3CCCCC3)c12. The highest BCUT2D eigenvalue weighted by Gasteiger charge is 2.30. The maximum atomic E-state index is 12.8. The average molecular weight is 546 g/mol. The van der Waals surface area contributed by atoms with Crippen molar-refractivity contribution in [2.75, 3.05) is 17.6 Å². The molecule has 0 unspecified atom stereocenters. The van der Waals surface area contributed by atoms with Gasteiger partial charge >= 0.3 is 6.09 Å². The average Bonchev–Trinajstić information content (AvgIpc) is 3.51. The number of methoxy groups -OCH3 is 1. The molecule has 11 nitrogen and oxygen atoms in total. The van der Waals surface area contributed by atoms with E-state index in [0.717, 1.165) is 42.5 Å². The van der Waals surface area contributed by atoms with E-state index in [9.17, 15) is 13.2 Å². The van der Waals surface area contributed by atoms with Gasteiger partial charge in [0.05, 0.1) is 38.2 Å². The van der Waals surface area contributed by atoms with Crippen molar-refractivity contribution in [1.82, 2.24) is 19.8 Å². The highest BCUT2D eigenvalue weighted by atomic mass is 32.2. The summed E-state index contributed by atoms with van der Waals surface area (Å²) < 4.78 is 46.7. The van der Waals surface area contributed by atoms with Gasteiger partial charge in [-0.2, -0.15) is 5.10 Å². The number of amides is 1. The number of carbonyl (C=O) groups excluding carboxylic acids is 1. The molecule has 2 aromatic heterocycles. The second-order valence-electron chi connectivity index (χ2n) is 11.2. The molecular weight excluding hydrogens is 510 g/mol. The van der Waals surface area contributed by atoms with Gasteiger partial charge in [-0.15, -0.1) is 0 Å². The Morgan fingerprint density at radius 2 is 1.95 bits per heavy atom. The van der Waals surface area contributed by atoms with Crippen LogP contribution in [0.15, 0.2) is 22.9 Å². The minimum Gasteiger partial charge on any atom is -0.496 e. The molecule has 3 heterocycles. The molecule has 1 saturated carbocycles. The number of fused-ring (bicyclic) bond motifs is 2. The standard InChI is InChI=1S/C26H35N5O6S/c1-26(2,3)36-25(32)30-13-19-14-31(27-20(19)15-30)12-18-10-21(35-4)23-22(11-18)37-28-24(23)29-38(33,34)16-17-8-6-5-7-9-17/h10-11,14,17H,5-9,12-13,15-16H2,1-4H3,(H,28,29). The summed E-state index contributed by atoms with van der Waals surface area (Å²) in [6.45, 7) is 6.81. The summed E-state index contributed by atoms with van der Waals surface area (Å²) in [5.41, 5.74) is 2.53. The summed E-state index contributed by atoms with van der Waals surface area (Å²) in [4.78, 5) is 14.0. The first-order valence-corrected chi connectivity index (χ1v) is 14.6. The first kappa shape index (κ1) is 26.3. The van der Waals surface area contributed by atoms with Crippen LogP contribution in [0.2, 0.25) is 0 Å². The molecule has 1 amide bonds. The lowest BCUT2D eigenvalue weighted by Crippen LogP contribution is -2.33. The molecule has 1 aliphatic carbocycles. The van der Waals surface area contributed by atoms with Crippen molar-refractivity contribution in [2.45, 2.75) is 78.1 Å². The normalized spacial score (nSPS) is 16.6. The van der Waals surface area contributed by atoms with Gasteiger partial charge in [-0.1, -0.05) is 24.4 Å². The van der Waals surface area contributed by atoms with Crippen LogP contribution in [0.1, 0.15) is 69.7 Å². The van der Waals surface area contributed by atoms with E-state index in [2.05, 4.69) is 15.0 Å².